The Kier molecular flexibility index (Phi) is 3.66. The van der Waals surface area contributed by atoms with Crippen molar-refractivity contribution in [1.82, 2.24) is 4.98 Å². The fraction of sp³-hybridized carbons (Fsp3) is 0.444. The van der Waals surface area contributed by atoms with Crippen LogP contribution in [0.4, 0.5) is 0 Å². The molecule has 1 aromatic rings. The lowest BCUT2D eigenvalue weighted by atomic mass is 10.0. The number of pyridine rings is 1. The van der Waals surface area contributed by atoms with Crippen molar-refractivity contribution in [3.63, 3.8) is 0 Å². The van der Waals surface area contributed by atoms with E-state index in [-0.39, 0.29) is 6.04 Å². The van der Waals surface area contributed by atoms with Crippen LogP contribution in [0, 0.1) is 0 Å². The van der Waals surface area contributed by atoms with Gasteiger partial charge < -0.3 is 10.8 Å². The molecule has 1 aromatic heterocycles. The van der Waals surface area contributed by atoms with Gasteiger partial charge in [0.15, 0.2) is 0 Å². The van der Waals surface area contributed by atoms with Crippen LogP contribution in [-0.2, 0) is 0 Å². The van der Waals surface area contributed by atoms with Crippen molar-refractivity contribution < 1.29 is 5.11 Å². The van der Waals surface area contributed by atoms with E-state index in [1.54, 1.807) is 18.5 Å². The molecular weight excluding hydrogens is 188 g/mol. The average molecular weight is 201 g/mol. The summed E-state index contributed by atoms with van der Waals surface area (Å²) in [4.78, 5) is 3.88. The van der Waals surface area contributed by atoms with Crippen molar-refractivity contribution in [1.29, 1.82) is 0 Å². The predicted octanol–water partition coefficient (Wildman–Crippen LogP) is 1.51. The van der Waals surface area contributed by atoms with Gasteiger partial charge in [-0.1, -0.05) is 18.5 Å². The monoisotopic (exact) mass is 200 g/mol. The number of halogens is 1. The minimum Gasteiger partial charge on any atom is -0.387 e. The quantitative estimate of drug-likeness (QED) is 0.778. The minimum absolute atomic E-state index is 0.290. The van der Waals surface area contributed by atoms with Gasteiger partial charge in [0.25, 0.3) is 0 Å². The number of aromatic nitrogens is 1. The SMILES string of the molecule is CC[C@H](N)[C@@H](O)c1cnccc1Cl. The topological polar surface area (TPSA) is 59.1 Å². The summed E-state index contributed by atoms with van der Waals surface area (Å²) in [7, 11) is 0. The first-order chi connectivity index (χ1) is 6.16. The van der Waals surface area contributed by atoms with E-state index in [4.69, 9.17) is 17.3 Å². The zero-order valence-corrected chi connectivity index (χ0v) is 8.20. The lowest BCUT2D eigenvalue weighted by Gasteiger charge is -2.17. The van der Waals surface area contributed by atoms with Crippen molar-refractivity contribution >= 4 is 11.6 Å². The summed E-state index contributed by atoms with van der Waals surface area (Å²) >= 11 is 5.86. The maximum Gasteiger partial charge on any atom is 0.0970 e. The first kappa shape index (κ1) is 10.4. The fourth-order valence-corrected chi connectivity index (χ4v) is 1.28. The summed E-state index contributed by atoms with van der Waals surface area (Å²) < 4.78 is 0. The molecule has 0 aromatic carbocycles. The van der Waals surface area contributed by atoms with E-state index in [1.807, 2.05) is 6.92 Å². The molecule has 0 saturated carbocycles. The zero-order valence-electron chi connectivity index (χ0n) is 7.44. The van der Waals surface area contributed by atoms with Gasteiger partial charge in [-0.2, -0.15) is 0 Å². The molecule has 72 valence electrons. The van der Waals surface area contributed by atoms with Gasteiger partial charge in [0.2, 0.25) is 0 Å². The molecule has 0 radical (unpaired) electrons. The van der Waals surface area contributed by atoms with Gasteiger partial charge in [-0.05, 0) is 12.5 Å². The normalized spacial score (nSPS) is 15.4. The van der Waals surface area contributed by atoms with Gasteiger partial charge in [-0.3, -0.25) is 4.98 Å². The second kappa shape index (κ2) is 4.56. The van der Waals surface area contributed by atoms with Crippen LogP contribution in [0.1, 0.15) is 25.0 Å². The third kappa shape index (κ3) is 2.40. The molecular formula is C9H13ClN2O. The number of hydrogen-bond acceptors (Lipinski definition) is 3. The largest absolute Gasteiger partial charge is 0.387 e. The first-order valence-electron chi connectivity index (χ1n) is 4.19. The molecule has 0 fully saturated rings. The minimum atomic E-state index is -0.730. The molecule has 0 spiro atoms. The van der Waals surface area contributed by atoms with E-state index in [0.29, 0.717) is 17.0 Å². The molecule has 0 bridgehead atoms. The maximum atomic E-state index is 9.72. The molecule has 0 saturated heterocycles. The molecule has 1 heterocycles. The lowest BCUT2D eigenvalue weighted by molar-refractivity contribution is 0.144. The summed E-state index contributed by atoms with van der Waals surface area (Å²) in [5.41, 5.74) is 6.28. The highest BCUT2D eigenvalue weighted by atomic mass is 35.5. The van der Waals surface area contributed by atoms with Crippen LogP contribution in [0.3, 0.4) is 0 Å². The zero-order chi connectivity index (χ0) is 9.84. The predicted molar refractivity (Wildman–Crippen MR) is 52.5 cm³/mol. The van der Waals surface area contributed by atoms with E-state index < -0.39 is 6.10 Å². The Hall–Kier alpha value is -0.640. The van der Waals surface area contributed by atoms with E-state index in [0.717, 1.165) is 0 Å². The summed E-state index contributed by atoms with van der Waals surface area (Å²) in [6.07, 6.45) is 3.09. The van der Waals surface area contributed by atoms with Crippen LogP contribution in [0.15, 0.2) is 18.5 Å². The van der Waals surface area contributed by atoms with Crippen molar-refractivity contribution in [2.24, 2.45) is 5.73 Å². The Bertz CT molecular complexity index is 280. The van der Waals surface area contributed by atoms with Crippen molar-refractivity contribution in [3.8, 4) is 0 Å². The highest BCUT2D eigenvalue weighted by Crippen LogP contribution is 2.23. The van der Waals surface area contributed by atoms with Crippen LogP contribution in [-0.4, -0.2) is 16.1 Å². The van der Waals surface area contributed by atoms with E-state index in [1.165, 1.54) is 0 Å². The molecule has 0 unspecified atom stereocenters. The molecule has 13 heavy (non-hydrogen) atoms. The third-order valence-electron chi connectivity index (χ3n) is 1.99. The van der Waals surface area contributed by atoms with Crippen molar-refractivity contribution in [2.45, 2.75) is 25.5 Å². The number of nitrogens with zero attached hydrogens (tertiary/aromatic N) is 1. The second-order valence-electron chi connectivity index (χ2n) is 2.91. The van der Waals surface area contributed by atoms with Crippen molar-refractivity contribution in [3.05, 3.63) is 29.0 Å². The Morgan fingerprint density at radius 2 is 2.38 bits per heavy atom. The van der Waals surface area contributed by atoms with Gasteiger partial charge in [0, 0.05) is 29.0 Å². The Morgan fingerprint density at radius 3 is 2.92 bits per heavy atom. The van der Waals surface area contributed by atoms with Crippen LogP contribution in [0.5, 0.6) is 0 Å². The highest BCUT2D eigenvalue weighted by molar-refractivity contribution is 6.31. The van der Waals surface area contributed by atoms with Crippen LogP contribution in [0.2, 0.25) is 5.02 Å². The van der Waals surface area contributed by atoms with Gasteiger partial charge in [0.05, 0.1) is 6.10 Å². The smallest absolute Gasteiger partial charge is 0.0970 e. The number of aliphatic hydroxyl groups excluding tert-OH is 1. The number of rotatable bonds is 3. The highest BCUT2D eigenvalue weighted by Gasteiger charge is 2.17. The molecule has 1 rings (SSSR count). The van der Waals surface area contributed by atoms with Gasteiger partial charge in [-0.25, -0.2) is 0 Å². The van der Waals surface area contributed by atoms with Gasteiger partial charge >= 0.3 is 0 Å². The van der Waals surface area contributed by atoms with E-state index in [9.17, 15) is 5.11 Å². The second-order valence-corrected chi connectivity index (χ2v) is 3.32. The van der Waals surface area contributed by atoms with E-state index in [2.05, 4.69) is 4.98 Å². The Balaban J connectivity index is 2.88. The van der Waals surface area contributed by atoms with Crippen LogP contribution < -0.4 is 5.73 Å². The average Bonchev–Trinajstić information content (AvgIpc) is 2.16. The summed E-state index contributed by atoms with van der Waals surface area (Å²) in [5.74, 6) is 0. The van der Waals surface area contributed by atoms with Crippen LogP contribution in [0.25, 0.3) is 0 Å². The van der Waals surface area contributed by atoms with E-state index >= 15 is 0 Å². The molecule has 4 heteroatoms. The summed E-state index contributed by atoms with van der Waals surface area (Å²) in [6.45, 7) is 1.91. The molecule has 3 N–H and O–H groups in total. The van der Waals surface area contributed by atoms with Crippen LogP contribution >= 0.6 is 11.6 Å². The van der Waals surface area contributed by atoms with Gasteiger partial charge in [0.1, 0.15) is 0 Å². The number of hydrogen-bond donors (Lipinski definition) is 2. The Labute approximate surface area is 82.5 Å². The number of aliphatic hydroxyl groups is 1. The fourth-order valence-electron chi connectivity index (χ4n) is 1.06. The van der Waals surface area contributed by atoms with Gasteiger partial charge in [-0.15, -0.1) is 0 Å². The molecule has 2 atom stereocenters. The summed E-state index contributed by atoms with van der Waals surface area (Å²) in [6, 6.07) is 1.35. The molecule has 0 aliphatic heterocycles. The maximum absolute atomic E-state index is 9.72. The van der Waals surface area contributed by atoms with Crippen molar-refractivity contribution in [2.75, 3.05) is 0 Å². The summed E-state index contributed by atoms with van der Waals surface area (Å²) in [5, 5.41) is 10.2. The molecule has 0 amide bonds. The molecule has 0 aliphatic carbocycles. The number of nitrogens with two attached hydrogens (primary N) is 1. The first-order valence-corrected chi connectivity index (χ1v) is 4.57. The third-order valence-corrected chi connectivity index (χ3v) is 2.34. The Morgan fingerprint density at radius 1 is 1.69 bits per heavy atom. The molecule has 3 nitrogen and oxygen atoms in total. The molecule has 0 aliphatic rings. The standard InChI is InChI=1S/C9H13ClN2O/c1-2-8(11)9(13)6-5-12-4-3-7(6)10/h3-5,8-9,13H,2,11H2,1H3/t8-,9-/m0/s1. The lowest BCUT2D eigenvalue weighted by Crippen LogP contribution is -2.27.